The highest BCUT2D eigenvalue weighted by Gasteiger charge is 2.43. The molecule has 2 aliphatic rings. The van der Waals surface area contributed by atoms with Crippen molar-refractivity contribution in [2.45, 2.75) is 56.7 Å². The topological polar surface area (TPSA) is 92.5 Å². The van der Waals surface area contributed by atoms with Crippen LogP contribution in [0, 0.1) is 0 Å². The van der Waals surface area contributed by atoms with Crippen molar-refractivity contribution in [1.29, 1.82) is 0 Å². The molecule has 21 heavy (non-hydrogen) atoms. The molecule has 0 radical (unpaired) electrons. The van der Waals surface area contributed by atoms with E-state index in [4.69, 9.17) is 5.73 Å². The van der Waals surface area contributed by atoms with Crippen molar-refractivity contribution in [1.82, 2.24) is 10.2 Å². The van der Waals surface area contributed by atoms with Gasteiger partial charge < -0.3 is 11.1 Å². The Morgan fingerprint density at radius 2 is 2.10 bits per heavy atom. The van der Waals surface area contributed by atoms with E-state index in [0.717, 1.165) is 19.3 Å². The second-order valence-electron chi connectivity index (χ2n) is 6.45. The lowest BCUT2D eigenvalue weighted by atomic mass is 9.77. The molecule has 2 fully saturated rings. The first-order valence-electron chi connectivity index (χ1n) is 7.77. The molecule has 0 aromatic rings. The van der Waals surface area contributed by atoms with Gasteiger partial charge in [0.1, 0.15) is 0 Å². The van der Waals surface area contributed by atoms with Crippen LogP contribution in [0.5, 0.6) is 0 Å². The lowest BCUT2D eigenvalue weighted by molar-refractivity contribution is -0.126. The molecule has 1 aliphatic carbocycles. The molecule has 0 spiro atoms. The number of nitrogens with two attached hydrogens (primary N) is 1. The van der Waals surface area contributed by atoms with Crippen molar-refractivity contribution in [3.63, 3.8) is 0 Å². The Morgan fingerprint density at radius 1 is 1.38 bits per heavy atom. The van der Waals surface area contributed by atoms with Gasteiger partial charge in [-0.05, 0) is 45.7 Å². The number of nitrogens with one attached hydrogen (secondary N) is 1. The summed E-state index contributed by atoms with van der Waals surface area (Å²) in [4.78, 5) is 14.1. The van der Waals surface area contributed by atoms with Crippen LogP contribution < -0.4 is 11.1 Å². The first-order valence-corrected chi connectivity index (χ1v) is 9.59. The number of carbonyl (C=O) groups excluding carboxylic acids is 1. The summed E-state index contributed by atoms with van der Waals surface area (Å²) in [5, 5.41) is 3.27. The van der Waals surface area contributed by atoms with Gasteiger partial charge in [0.15, 0.2) is 9.84 Å². The standard InChI is InChI=1S/C14H27N3O3S/c1-3-16-14(13(15)18)7-4-5-11(9-14)17(2)12-6-8-21(19,20)10-12/h11-12,16H,3-10H2,1-2H3,(H2,15,18). The fourth-order valence-corrected chi connectivity index (χ4v) is 5.58. The molecular formula is C14H27N3O3S. The number of amides is 1. The largest absolute Gasteiger partial charge is 0.368 e. The SMILES string of the molecule is CCNC1(C(N)=O)CCCC(N(C)C2CCS(=O)(=O)C2)C1. The third-order valence-corrected chi connectivity index (χ3v) is 6.82. The molecule has 6 nitrogen and oxygen atoms in total. The molecule has 3 unspecified atom stereocenters. The molecule has 0 aromatic carbocycles. The van der Waals surface area contributed by atoms with Gasteiger partial charge in [-0.2, -0.15) is 0 Å². The third kappa shape index (κ3) is 3.57. The smallest absolute Gasteiger partial charge is 0.237 e. The number of rotatable bonds is 5. The van der Waals surface area contributed by atoms with E-state index < -0.39 is 15.4 Å². The predicted molar refractivity (Wildman–Crippen MR) is 82.7 cm³/mol. The van der Waals surface area contributed by atoms with Crippen molar-refractivity contribution in [2.75, 3.05) is 25.1 Å². The van der Waals surface area contributed by atoms with Gasteiger partial charge in [0.25, 0.3) is 0 Å². The van der Waals surface area contributed by atoms with Crippen molar-refractivity contribution >= 4 is 15.7 Å². The summed E-state index contributed by atoms with van der Waals surface area (Å²) >= 11 is 0. The van der Waals surface area contributed by atoms with Gasteiger partial charge in [-0.3, -0.25) is 9.69 Å². The molecule has 1 amide bonds. The first kappa shape index (κ1) is 16.7. The van der Waals surface area contributed by atoms with Crippen LogP contribution in [0.2, 0.25) is 0 Å². The highest BCUT2D eigenvalue weighted by atomic mass is 32.2. The zero-order chi connectivity index (χ0) is 15.7. The Hall–Kier alpha value is -0.660. The Balaban J connectivity index is 2.08. The van der Waals surface area contributed by atoms with E-state index in [1.54, 1.807) is 0 Å². The van der Waals surface area contributed by atoms with Crippen molar-refractivity contribution < 1.29 is 13.2 Å². The van der Waals surface area contributed by atoms with Crippen molar-refractivity contribution in [3.05, 3.63) is 0 Å². The average molecular weight is 317 g/mol. The molecule has 3 atom stereocenters. The molecule has 3 N–H and O–H groups in total. The number of primary amides is 1. The van der Waals surface area contributed by atoms with Crippen LogP contribution in [-0.2, 0) is 14.6 Å². The minimum Gasteiger partial charge on any atom is -0.368 e. The number of likely N-dealkylation sites (N-methyl/N-ethyl adjacent to an activating group) is 1. The van der Waals surface area contributed by atoms with Crippen LogP contribution in [0.25, 0.3) is 0 Å². The van der Waals surface area contributed by atoms with Gasteiger partial charge in [-0.15, -0.1) is 0 Å². The Kier molecular flexibility index (Phi) is 4.95. The maximum atomic E-state index is 11.9. The monoisotopic (exact) mass is 317 g/mol. The van der Waals surface area contributed by atoms with Gasteiger partial charge in [0.05, 0.1) is 17.0 Å². The Labute approximate surface area is 127 Å². The molecule has 1 heterocycles. The quantitative estimate of drug-likeness (QED) is 0.737. The van der Waals surface area contributed by atoms with E-state index >= 15 is 0 Å². The van der Waals surface area contributed by atoms with Crippen LogP contribution >= 0.6 is 0 Å². The predicted octanol–water partition coefficient (Wildman–Crippen LogP) is -0.118. The molecule has 7 heteroatoms. The second kappa shape index (κ2) is 6.22. The lowest BCUT2D eigenvalue weighted by Crippen LogP contribution is -2.61. The number of hydrogen-bond acceptors (Lipinski definition) is 5. The number of nitrogens with zero attached hydrogens (tertiary/aromatic N) is 1. The minimum atomic E-state index is -2.88. The van der Waals surface area contributed by atoms with E-state index in [-0.39, 0.29) is 29.5 Å². The van der Waals surface area contributed by atoms with Crippen LogP contribution in [0.1, 0.15) is 39.0 Å². The Bertz CT molecular complexity index is 490. The molecule has 2 rings (SSSR count). The van der Waals surface area contributed by atoms with E-state index in [0.29, 0.717) is 19.4 Å². The maximum Gasteiger partial charge on any atom is 0.237 e. The summed E-state index contributed by atoms with van der Waals surface area (Å²) in [6.07, 6.45) is 4.06. The zero-order valence-corrected chi connectivity index (χ0v) is 13.8. The molecule has 0 bridgehead atoms. The first-order chi connectivity index (χ1) is 9.80. The van der Waals surface area contributed by atoms with Gasteiger partial charge in [0, 0.05) is 12.1 Å². The fraction of sp³-hybridized carbons (Fsp3) is 0.929. The van der Waals surface area contributed by atoms with Gasteiger partial charge >= 0.3 is 0 Å². The van der Waals surface area contributed by atoms with E-state index in [2.05, 4.69) is 10.2 Å². The third-order valence-electron chi connectivity index (χ3n) is 5.07. The number of carbonyl (C=O) groups is 1. The van der Waals surface area contributed by atoms with Crippen molar-refractivity contribution in [2.24, 2.45) is 5.73 Å². The van der Waals surface area contributed by atoms with Crippen LogP contribution in [0.4, 0.5) is 0 Å². The summed E-state index contributed by atoms with van der Waals surface area (Å²) in [6, 6.07) is 0.286. The molecular weight excluding hydrogens is 290 g/mol. The molecule has 1 saturated carbocycles. The van der Waals surface area contributed by atoms with Gasteiger partial charge in [0.2, 0.25) is 5.91 Å². The lowest BCUT2D eigenvalue weighted by Gasteiger charge is -2.44. The normalized spacial score (nSPS) is 36.0. The Morgan fingerprint density at radius 3 is 2.62 bits per heavy atom. The van der Waals surface area contributed by atoms with Gasteiger partial charge in [-0.1, -0.05) is 6.92 Å². The average Bonchev–Trinajstić information content (AvgIpc) is 2.78. The molecule has 0 aromatic heterocycles. The summed E-state index contributed by atoms with van der Waals surface area (Å²) in [5.41, 5.74) is 5.00. The van der Waals surface area contributed by atoms with E-state index in [1.807, 2.05) is 14.0 Å². The fourth-order valence-electron chi connectivity index (χ4n) is 3.80. The van der Waals surface area contributed by atoms with Crippen LogP contribution in [-0.4, -0.2) is 61.9 Å². The second-order valence-corrected chi connectivity index (χ2v) is 8.68. The van der Waals surface area contributed by atoms with Crippen LogP contribution in [0.15, 0.2) is 0 Å². The zero-order valence-electron chi connectivity index (χ0n) is 13.0. The van der Waals surface area contributed by atoms with Crippen LogP contribution in [0.3, 0.4) is 0 Å². The van der Waals surface area contributed by atoms with Crippen molar-refractivity contribution in [3.8, 4) is 0 Å². The number of sulfone groups is 1. The summed E-state index contributed by atoms with van der Waals surface area (Å²) in [7, 11) is -0.898. The summed E-state index contributed by atoms with van der Waals surface area (Å²) in [6.45, 7) is 2.68. The highest BCUT2D eigenvalue weighted by molar-refractivity contribution is 7.91. The summed E-state index contributed by atoms with van der Waals surface area (Å²) < 4.78 is 23.3. The van der Waals surface area contributed by atoms with E-state index in [9.17, 15) is 13.2 Å². The molecule has 1 saturated heterocycles. The minimum absolute atomic E-state index is 0.0744. The number of hydrogen-bond donors (Lipinski definition) is 2. The summed E-state index contributed by atoms with van der Waals surface area (Å²) in [5.74, 6) is 0.231. The molecule has 1 aliphatic heterocycles. The molecule has 122 valence electrons. The van der Waals surface area contributed by atoms with Gasteiger partial charge in [-0.25, -0.2) is 8.42 Å². The van der Waals surface area contributed by atoms with E-state index in [1.165, 1.54) is 0 Å². The highest BCUT2D eigenvalue weighted by Crippen LogP contribution is 2.33. The maximum absolute atomic E-state index is 11.9.